The number of amides is 1. The molecule has 0 radical (unpaired) electrons. The van der Waals surface area contributed by atoms with E-state index in [-0.39, 0.29) is 11.9 Å². The SMILES string of the molecule is COc1ccc(-n2cccc2)c(N2CC(N)CC2=O)c1. The van der Waals surface area contributed by atoms with Crippen LogP contribution in [0.1, 0.15) is 6.42 Å². The monoisotopic (exact) mass is 271 g/mol. The molecule has 1 aliphatic rings. The molecule has 0 bridgehead atoms. The maximum Gasteiger partial charge on any atom is 0.228 e. The van der Waals surface area contributed by atoms with Crippen molar-refractivity contribution in [1.29, 1.82) is 0 Å². The minimum Gasteiger partial charge on any atom is -0.497 e. The number of methoxy groups -OCH3 is 1. The first-order valence-corrected chi connectivity index (χ1v) is 6.56. The first kappa shape index (κ1) is 12.7. The Balaban J connectivity index is 2.09. The number of ether oxygens (including phenoxy) is 1. The summed E-state index contributed by atoms with van der Waals surface area (Å²) in [5, 5.41) is 0. The second-order valence-electron chi connectivity index (χ2n) is 4.91. The first-order valence-electron chi connectivity index (χ1n) is 6.56. The lowest BCUT2D eigenvalue weighted by Crippen LogP contribution is -2.28. The molecule has 3 rings (SSSR count). The molecular weight excluding hydrogens is 254 g/mol. The standard InChI is InChI=1S/C15H17N3O2/c1-20-12-4-5-13(17-6-2-3-7-17)14(9-12)18-10-11(16)8-15(18)19/h2-7,9,11H,8,10,16H2,1H3. The molecule has 2 heterocycles. The van der Waals surface area contributed by atoms with E-state index >= 15 is 0 Å². The molecule has 1 unspecified atom stereocenters. The van der Waals surface area contributed by atoms with Gasteiger partial charge in [0.1, 0.15) is 5.75 Å². The van der Waals surface area contributed by atoms with Gasteiger partial charge in [0.05, 0.1) is 18.5 Å². The predicted molar refractivity (Wildman–Crippen MR) is 77.3 cm³/mol. The summed E-state index contributed by atoms with van der Waals surface area (Å²) >= 11 is 0. The van der Waals surface area contributed by atoms with Crippen LogP contribution in [0.4, 0.5) is 5.69 Å². The number of aromatic nitrogens is 1. The average molecular weight is 271 g/mol. The number of benzene rings is 1. The van der Waals surface area contributed by atoms with Crippen LogP contribution < -0.4 is 15.4 Å². The number of hydrogen-bond acceptors (Lipinski definition) is 3. The van der Waals surface area contributed by atoms with Gasteiger partial charge in [0.2, 0.25) is 5.91 Å². The van der Waals surface area contributed by atoms with Crippen LogP contribution in [0.25, 0.3) is 5.69 Å². The quantitative estimate of drug-likeness (QED) is 0.921. The van der Waals surface area contributed by atoms with Gasteiger partial charge in [-0.25, -0.2) is 0 Å². The summed E-state index contributed by atoms with van der Waals surface area (Å²) in [6, 6.07) is 9.51. The van der Waals surface area contributed by atoms with E-state index in [1.165, 1.54) is 0 Å². The van der Waals surface area contributed by atoms with Crippen molar-refractivity contribution >= 4 is 11.6 Å². The predicted octanol–water partition coefficient (Wildman–Crippen LogP) is 1.55. The Morgan fingerprint density at radius 1 is 1.25 bits per heavy atom. The molecule has 1 aromatic carbocycles. The van der Waals surface area contributed by atoms with Crippen LogP contribution in [0.5, 0.6) is 5.75 Å². The minimum absolute atomic E-state index is 0.0548. The van der Waals surface area contributed by atoms with Gasteiger partial charge < -0.3 is 19.9 Å². The zero-order chi connectivity index (χ0) is 14.1. The molecule has 1 atom stereocenters. The Bertz CT molecular complexity index is 622. The van der Waals surface area contributed by atoms with Crippen molar-refractivity contribution in [2.75, 3.05) is 18.6 Å². The van der Waals surface area contributed by atoms with E-state index in [9.17, 15) is 4.79 Å². The lowest BCUT2D eigenvalue weighted by Gasteiger charge is -2.21. The number of carbonyl (C=O) groups excluding carboxylic acids is 1. The highest BCUT2D eigenvalue weighted by Gasteiger charge is 2.30. The van der Waals surface area contributed by atoms with Crippen LogP contribution >= 0.6 is 0 Å². The molecule has 2 aromatic rings. The fourth-order valence-corrected chi connectivity index (χ4v) is 2.53. The second kappa shape index (κ2) is 5.02. The van der Waals surface area contributed by atoms with Gasteiger partial charge in [-0.05, 0) is 24.3 Å². The van der Waals surface area contributed by atoms with Gasteiger partial charge in [-0.15, -0.1) is 0 Å². The Morgan fingerprint density at radius 2 is 2.00 bits per heavy atom. The number of nitrogens with zero attached hydrogens (tertiary/aromatic N) is 2. The summed E-state index contributed by atoms with van der Waals surface area (Å²) < 4.78 is 7.25. The van der Waals surface area contributed by atoms with Crippen molar-refractivity contribution < 1.29 is 9.53 Å². The molecule has 1 fully saturated rings. The van der Waals surface area contributed by atoms with Crippen molar-refractivity contribution in [2.45, 2.75) is 12.5 Å². The van der Waals surface area contributed by atoms with Crippen LogP contribution in [0.3, 0.4) is 0 Å². The van der Waals surface area contributed by atoms with Gasteiger partial charge in [0.15, 0.2) is 0 Å². The number of hydrogen-bond donors (Lipinski definition) is 1. The molecule has 1 aliphatic heterocycles. The van der Waals surface area contributed by atoms with Crippen molar-refractivity contribution in [2.24, 2.45) is 5.73 Å². The zero-order valence-corrected chi connectivity index (χ0v) is 11.3. The highest BCUT2D eigenvalue weighted by molar-refractivity contribution is 5.98. The van der Waals surface area contributed by atoms with Crippen LogP contribution in [-0.2, 0) is 4.79 Å². The molecule has 0 saturated carbocycles. The van der Waals surface area contributed by atoms with Crippen LogP contribution in [0, 0.1) is 0 Å². The minimum atomic E-state index is -0.105. The molecule has 5 heteroatoms. The number of anilines is 1. The lowest BCUT2D eigenvalue weighted by atomic mass is 10.2. The van der Waals surface area contributed by atoms with E-state index in [4.69, 9.17) is 10.5 Å². The fraction of sp³-hybridized carbons (Fsp3) is 0.267. The lowest BCUT2D eigenvalue weighted by molar-refractivity contribution is -0.117. The zero-order valence-electron chi connectivity index (χ0n) is 11.3. The topological polar surface area (TPSA) is 60.5 Å². The third kappa shape index (κ3) is 2.16. The fourth-order valence-electron chi connectivity index (χ4n) is 2.53. The Morgan fingerprint density at radius 3 is 2.60 bits per heavy atom. The van der Waals surface area contributed by atoms with E-state index in [1.54, 1.807) is 12.0 Å². The molecule has 20 heavy (non-hydrogen) atoms. The summed E-state index contributed by atoms with van der Waals surface area (Å²) in [7, 11) is 1.62. The summed E-state index contributed by atoms with van der Waals surface area (Å²) in [4.78, 5) is 13.8. The van der Waals surface area contributed by atoms with Gasteiger partial charge in [-0.2, -0.15) is 0 Å². The van der Waals surface area contributed by atoms with Crippen molar-refractivity contribution in [1.82, 2.24) is 4.57 Å². The molecule has 5 nitrogen and oxygen atoms in total. The molecule has 0 spiro atoms. The molecule has 1 saturated heterocycles. The van der Waals surface area contributed by atoms with Gasteiger partial charge in [-0.3, -0.25) is 4.79 Å². The van der Waals surface area contributed by atoms with Gasteiger partial charge in [0.25, 0.3) is 0 Å². The maximum atomic E-state index is 12.1. The van der Waals surface area contributed by atoms with Crippen molar-refractivity contribution in [3.63, 3.8) is 0 Å². The number of rotatable bonds is 3. The van der Waals surface area contributed by atoms with Crippen LogP contribution in [0.2, 0.25) is 0 Å². The average Bonchev–Trinajstić information content (AvgIpc) is 3.07. The normalized spacial score (nSPS) is 18.6. The van der Waals surface area contributed by atoms with Gasteiger partial charge in [0, 0.05) is 37.5 Å². The third-order valence-electron chi connectivity index (χ3n) is 3.51. The summed E-state index contributed by atoms with van der Waals surface area (Å²) in [6.07, 6.45) is 4.29. The molecule has 2 N–H and O–H groups in total. The van der Waals surface area contributed by atoms with Crippen molar-refractivity contribution in [3.05, 3.63) is 42.7 Å². The maximum absolute atomic E-state index is 12.1. The number of carbonyl (C=O) groups is 1. The van der Waals surface area contributed by atoms with Gasteiger partial charge in [-0.1, -0.05) is 0 Å². The highest BCUT2D eigenvalue weighted by Crippen LogP contribution is 2.31. The smallest absolute Gasteiger partial charge is 0.228 e. The second-order valence-corrected chi connectivity index (χ2v) is 4.91. The summed E-state index contributed by atoms with van der Waals surface area (Å²) in [5.41, 5.74) is 7.67. The Hall–Kier alpha value is -2.27. The van der Waals surface area contributed by atoms with E-state index in [2.05, 4.69) is 0 Å². The highest BCUT2D eigenvalue weighted by atomic mass is 16.5. The molecule has 0 aliphatic carbocycles. The number of nitrogens with two attached hydrogens (primary N) is 1. The third-order valence-corrected chi connectivity index (χ3v) is 3.51. The Labute approximate surface area is 117 Å². The van der Waals surface area contributed by atoms with E-state index < -0.39 is 0 Å². The van der Waals surface area contributed by atoms with Crippen LogP contribution in [0.15, 0.2) is 42.7 Å². The summed E-state index contributed by atoms with van der Waals surface area (Å²) in [5.74, 6) is 0.781. The first-order chi connectivity index (χ1) is 9.69. The Kier molecular flexibility index (Phi) is 3.20. The van der Waals surface area contributed by atoms with Crippen molar-refractivity contribution in [3.8, 4) is 11.4 Å². The molecular formula is C15H17N3O2. The van der Waals surface area contributed by atoms with E-state index in [0.29, 0.717) is 13.0 Å². The van der Waals surface area contributed by atoms with E-state index in [0.717, 1.165) is 17.1 Å². The molecule has 1 amide bonds. The van der Waals surface area contributed by atoms with Crippen LogP contribution in [-0.4, -0.2) is 30.2 Å². The molecule has 1 aromatic heterocycles. The van der Waals surface area contributed by atoms with E-state index in [1.807, 2.05) is 47.3 Å². The summed E-state index contributed by atoms with van der Waals surface area (Å²) in [6.45, 7) is 0.542. The van der Waals surface area contributed by atoms with Gasteiger partial charge >= 0.3 is 0 Å². The molecule has 104 valence electrons. The largest absolute Gasteiger partial charge is 0.497 e.